The van der Waals surface area contributed by atoms with Crippen molar-refractivity contribution in [2.75, 3.05) is 5.32 Å². The highest BCUT2D eigenvalue weighted by Crippen LogP contribution is 2.31. The van der Waals surface area contributed by atoms with E-state index >= 15 is 0 Å². The normalized spacial score (nSPS) is 12.7. The van der Waals surface area contributed by atoms with E-state index in [0.717, 1.165) is 3.57 Å². The lowest BCUT2D eigenvalue weighted by Gasteiger charge is -2.39. The summed E-state index contributed by atoms with van der Waals surface area (Å²) in [6.07, 6.45) is 3.63. The van der Waals surface area contributed by atoms with E-state index in [1.807, 2.05) is 12.4 Å². The van der Waals surface area contributed by atoms with Crippen LogP contribution in [-0.2, 0) is 0 Å². The summed E-state index contributed by atoms with van der Waals surface area (Å²) >= 11 is 2.20. The largest absolute Gasteiger partial charge is 0.349 e. The Hall–Kier alpha value is -0.390. The molecule has 3 nitrogen and oxygen atoms in total. The summed E-state index contributed by atoms with van der Waals surface area (Å²) < 4.78 is 1.05. The minimum atomic E-state index is -0.0419. The van der Waals surface area contributed by atoms with Crippen molar-refractivity contribution >= 4 is 28.5 Å². The van der Waals surface area contributed by atoms with Gasteiger partial charge in [0.15, 0.2) is 0 Å². The third kappa shape index (κ3) is 3.29. The van der Waals surface area contributed by atoms with E-state index in [1.165, 1.54) is 0 Å². The number of rotatable bonds is 2. The topological polar surface area (TPSA) is 37.8 Å². The zero-order valence-corrected chi connectivity index (χ0v) is 12.1. The second kappa shape index (κ2) is 4.23. The molecule has 1 heterocycles. The van der Waals surface area contributed by atoms with Gasteiger partial charge >= 0.3 is 0 Å². The molecule has 1 aromatic heterocycles. The van der Waals surface area contributed by atoms with Gasteiger partial charge in [0.2, 0.25) is 5.95 Å². The molecule has 15 heavy (non-hydrogen) atoms. The summed E-state index contributed by atoms with van der Waals surface area (Å²) in [5.41, 5.74) is 0.110. The minimum absolute atomic E-state index is 0.0419. The highest BCUT2D eigenvalue weighted by Gasteiger charge is 2.33. The third-order valence-electron chi connectivity index (χ3n) is 2.92. The van der Waals surface area contributed by atoms with Crippen molar-refractivity contribution in [1.29, 1.82) is 0 Å². The molecule has 0 spiro atoms. The van der Waals surface area contributed by atoms with Gasteiger partial charge in [0, 0.05) is 21.5 Å². The van der Waals surface area contributed by atoms with Crippen molar-refractivity contribution in [2.45, 2.75) is 40.2 Å². The number of hydrogen-bond donors (Lipinski definition) is 1. The van der Waals surface area contributed by atoms with Gasteiger partial charge in [0.1, 0.15) is 0 Å². The van der Waals surface area contributed by atoms with Crippen LogP contribution >= 0.6 is 22.6 Å². The van der Waals surface area contributed by atoms with Crippen LogP contribution in [0.3, 0.4) is 0 Å². The van der Waals surface area contributed by atoms with E-state index in [9.17, 15) is 0 Å². The van der Waals surface area contributed by atoms with E-state index in [2.05, 4.69) is 72.5 Å². The lowest BCUT2D eigenvalue weighted by atomic mass is 9.76. The maximum absolute atomic E-state index is 4.25. The molecule has 4 heteroatoms. The standard InChI is InChI=1S/C11H18IN3/c1-10(2,3)11(4,5)15-9-13-6-8(12)7-14-9/h6-7H,1-5H3,(H,13,14,15). The molecule has 0 aromatic carbocycles. The van der Waals surface area contributed by atoms with Crippen LogP contribution in [0.4, 0.5) is 5.95 Å². The Kier molecular flexibility index (Phi) is 3.58. The molecule has 0 aliphatic carbocycles. The van der Waals surface area contributed by atoms with Gasteiger partial charge in [-0.05, 0) is 41.9 Å². The lowest BCUT2D eigenvalue weighted by Crippen LogP contribution is -2.44. The van der Waals surface area contributed by atoms with Crippen molar-refractivity contribution in [1.82, 2.24) is 9.97 Å². The summed E-state index contributed by atoms with van der Waals surface area (Å²) in [5.74, 6) is 0.690. The van der Waals surface area contributed by atoms with E-state index in [4.69, 9.17) is 0 Å². The summed E-state index contributed by atoms with van der Waals surface area (Å²) in [4.78, 5) is 8.49. The highest BCUT2D eigenvalue weighted by atomic mass is 127. The van der Waals surface area contributed by atoms with Gasteiger partial charge in [-0.1, -0.05) is 20.8 Å². The second-order valence-electron chi connectivity index (χ2n) is 5.22. The average Bonchev–Trinajstić information content (AvgIpc) is 2.06. The molecule has 0 unspecified atom stereocenters. The summed E-state index contributed by atoms with van der Waals surface area (Å²) in [5, 5.41) is 3.36. The van der Waals surface area contributed by atoms with Gasteiger partial charge in [-0.15, -0.1) is 0 Å². The first kappa shape index (κ1) is 12.7. The summed E-state index contributed by atoms with van der Waals surface area (Å²) in [6, 6.07) is 0. The Bertz CT molecular complexity index is 325. The van der Waals surface area contributed by atoms with Gasteiger partial charge in [0.05, 0.1) is 0 Å². The quantitative estimate of drug-likeness (QED) is 0.850. The summed E-state index contributed by atoms with van der Waals surface area (Å²) in [6.45, 7) is 10.9. The Morgan fingerprint density at radius 3 is 1.93 bits per heavy atom. The predicted octanol–water partition coefficient (Wildman–Crippen LogP) is 3.32. The number of hydrogen-bond acceptors (Lipinski definition) is 3. The zero-order valence-electron chi connectivity index (χ0n) is 9.93. The average molecular weight is 319 g/mol. The molecule has 1 aromatic rings. The van der Waals surface area contributed by atoms with Crippen molar-refractivity contribution < 1.29 is 0 Å². The van der Waals surface area contributed by atoms with Gasteiger partial charge in [-0.3, -0.25) is 0 Å². The van der Waals surface area contributed by atoms with Crippen molar-refractivity contribution in [2.24, 2.45) is 5.41 Å². The van der Waals surface area contributed by atoms with E-state index < -0.39 is 0 Å². The Balaban J connectivity index is 2.82. The number of nitrogens with one attached hydrogen (secondary N) is 1. The SMILES string of the molecule is CC(C)(C)C(C)(C)Nc1ncc(I)cn1. The van der Waals surface area contributed by atoms with Crippen molar-refractivity contribution in [3.63, 3.8) is 0 Å². The van der Waals surface area contributed by atoms with Crippen LogP contribution in [0.15, 0.2) is 12.4 Å². The maximum atomic E-state index is 4.25. The first-order valence-electron chi connectivity index (χ1n) is 4.98. The third-order valence-corrected chi connectivity index (χ3v) is 3.48. The van der Waals surface area contributed by atoms with Crippen LogP contribution in [0.1, 0.15) is 34.6 Å². The molecule has 0 fully saturated rings. The van der Waals surface area contributed by atoms with Crippen LogP contribution < -0.4 is 5.32 Å². The second-order valence-corrected chi connectivity index (χ2v) is 6.47. The molecule has 84 valence electrons. The number of aromatic nitrogens is 2. The minimum Gasteiger partial charge on any atom is -0.349 e. The van der Waals surface area contributed by atoms with E-state index in [1.54, 1.807) is 0 Å². The molecule has 1 rings (SSSR count). The fourth-order valence-electron chi connectivity index (χ4n) is 0.844. The van der Waals surface area contributed by atoms with Crippen LogP contribution in [0.2, 0.25) is 0 Å². The molecule has 0 bridgehead atoms. The zero-order chi connectivity index (χ0) is 11.7. The van der Waals surface area contributed by atoms with E-state index in [-0.39, 0.29) is 11.0 Å². The van der Waals surface area contributed by atoms with Crippen LogP contribution in [0.25, 0.3) is 0 Å². The van der Waals surface area contributed by atoms with Crippen LogP contribution in [-0.4, -0.2) is 15.5 Å². The summed E-state index contributed by atoms with van der Waals surface area (Å²) in [7, 11) is 0. The first-order chi connectivity index (χ1) is 6.72. The first-order valence-corrected chi connectivity index (χ1v) is 6.06. The number of halogens is 1. The van der Waals surface area contributed by atoms with Crippen LogP contribution in [0, 0.1) is 8.99 Å². The molecule has 0 saturated heterocycles. The smallest absolute Gasteiger partial charge is 0.223 e. The molecule has 1 N–H and O–H groups in total. The molecule has 0 saturated carbocycles. The number of nitrogens with zero attached hydrogens (tertiary/aromatic N) is 2. The fraction of sp³-hybridized carbons (Fsp3) is 0.636. The van der Waals surface area contributed by atoms with Crippen molar-refractivity contribution in [3.8, 4) is 0 Å². The Labute approximate surface area is 105 Å². The van der Waals surface area contributed by atoms with Crippen LogP contribution in [0.5, 0.6) is 0 Å². The van der Waals surface area contributed by atoms with Gasteiger partial charge < -0.3 is 5.32 Å². The predicted molar refractivity (Wildman–Crippen MR) is 71.9 cm³/mol. The highest BCUT2D eigenvalue weighted by molar-refractivity contribution is 14.1. The fourth-order valence-corrected chi connectivity index (χ4v) is 1.12. The molecule has 0 aliphatic rings. The molecular formula is C11H18IN3. The lowest BCUT2D eigenvalue weighted by molar-refractivity contribution is 0.253. The molecule has 0 amide bonds. The van der Waals surface area contributed by atoms with Crippen molar-refractivity contribution in [3.05, 3.63) is 16.0 Å². The molecular weight excluding hydrogens is 301 g/mol. The Morgan fingerprint density at radius 2 is 1.53 bits per heavy atom. The van der Waals surface area contributed by atoms with Gasteiger partial charge in [-0.25, -0.2) is 9.97 Å². The van der Waals surface area contributed by atoms with Gasteiger partial charge in [-0.2, -0.15) is 0 Å². The Morgan fingerprint density at radius 1 is 1.07 bits per heavy atom. The number of anilines is 1. The van der Waals surface area contributed by atoms with E-state index in [0.29, 0.717) is 5.95 Å². The van der Waals surface area contributed by atoms with Gasteiger partial charge in [0.25, 0.3) is 0 Å². The monoisotopic (exact) mass is 319 g/mol. The maximum Gasteiger partial charge on any atom is 0.223 e. The molecule has 0 atom stereocenters. The molecule has 0 radical (unpaired) electrons. The molecule has 0 aliphatic heterocycles.